The van der Waals surface area contributed by atoms with E-state index in [9.17, 15) is 4.79 Å². The number of rotatable bonds is 1. The summed E-state index contributed by atoms with van der Waals surface area (Å²) in [6.45, 7) is 2.65. The molecule has 0 amide bonds. The molecule has 1 saturated carbocycles. The van der Waals surface area contributed by atoms with Crippen LogP contribution in [0.1, 0.15) is 18.9 Å². The van der Waals surface area contributed by atoms with E-state index in [0.29, 0.717) is 11.6 Å². The molecule has 0 spiro atoms. The van der Waals surface area contributed by atoms with Crippen molar-refractivity contribution in [2.75, 3.05) is 6.61 Å². The highest BCUT2D eigenvalue weighted by molar-refractivity contribution is 6.30. The first kappa shape index (κ1) is 9.22. The van der Waals surface area contributed by atoms with Gasteiger partial charge >= 0.3 is 5.97 Å². The molecule has 0 aromatic heterocycles. The van der Waals surface area contributed by atoms with Crippen LogP contribution in [0.25, 0.3) is 0 Å². The van der Waals surface area contributed by atoms with Gasteiger partial charge in [0.15, 0.2) is 0 Å². The van der Waals surface area contributed by atoms with Crippen molar-refractivity contribution in [3.63, 3.8) is 0 Å². The molecule has 2 fully saturated rings. The standard InChI is InChI=1S/C12H11ClO2/c1-11-6-12(11,10(14)15-7-11)8-2-4-9(13)5-3-8/h2-5H,6-7H2,1H3/t11-,12-/m1/s1. The molecular weight excluding hydrogens is 212 g/mol. The SMILES string of the molecule is C[C@@]12COC(=O)[C@]1(c1ccc(Cl)cc1)C2. The molecule has 0 radical (unpaired) electrons. The Labute approximate surface area is 93.2 Å². The third-order valence-corrected chi connectivity index (χ3v) is 4.02. The van der Waals surface area contributed by atoms with Crippen LogP contribution in [0.4, 0.5) is 0 Å². The topological polar surface area (TPSA) is 26.3 Å². The van der Waals surface area contributed by atoms with Crippen LogP contribution in [0.15, 0.2) is 24.3 Å². The summed E-state index contributed by atoms with van der Waals surface area (Å²) in [6, 6.07) is 7.52. The Kier molecular flexibility index (Phi) is 1.57. The van der Waals surface area contributed by atoms with Gasteiger partial charge in [-0.2, -0.15) is 0 Å². The van der Waals surface area contributed by atoms with E-state index < -0.39 is 0 Å². The number of esters is 1. The van der Waals surface area contributed by atoms with Crippen LogP contribution in [0.2, 0.25) is 5.02 Å². The number of carbonyl (C=O) groups is 1. The van der Waals surface area contributed by atoms with E-state index in [0.717, 1.165) is 12.0 Å². The maximum absolute atomic E-state index is 11.8. The quantitative estimate of drug-likeness (QED) is 0.683. The maximum atomic E-state index is 11.8. The number of hydrogen-bond acceptors (Lipinski definition) is 2. The first-order valence-corrected chi connectivity index (χ1v) is 5.40. The molecule has 2 nitrogen and oxygen atoms in total. The summed E-state index contributed by atoms with van der Waals surface area (Å²) in [5, 5.41) is 0.698. The highest BCUT2D eigenvalue weighted by Gasteiger charge is 2.75. The van der Waals surface area contributed by atoms with Crippen LogP contribution in [0.5, 0.6) is 0 Å². The van der Waals surface area contributed by atoms with Crippen LogP contribution in [0.3, 0.4) is 0 Å². The molecule has 1 aliphatic carbocycles. The fourth-order valence-electron chi connectivity index (χ4n) is 2.68. The summed E-state index contributed by atoms with van der Waals surface area (Å²) in [7, 11) is 0. The van der Waals surface area contributed by atoms with Crippen molar-refractivity contribution >= 4 is 17.6 Å². The van der Waals surface area contributed by atoms with Gasteiger partial charge in [0.1, 0.15) is 5.41 Å². The average molecular weight is 223 g/mol. The molecule has 1 aromatic rings. The second-order valence-corrected chi connectivity index (χ2v) is 5.16. The lowest BCUT2D eigenvalue weighted by Crippen LogP contribution is -2.20. The van der Waals surface area contributed by atoms with Crippen molar-refractivity contribution in [2.45, 2.75) is 18.8 Å². The van der Waals surface area contributed by atoms with Gasteiger partial charge in [-0.25, -0.2) is 0 Å². The zero-order valence-corrected chi connectivity index (χ0v) is 9.17. The number of ether oxygens (including phenoxy) is 1. The highest BCUT2D eigenvalue weighted by atomic mass is 35.5. The van der Waals surface area contributed by atoms with Crippen molar-refractivity contribution in [3.05, 3.63) is 34.9 Å². The second kappa shape index (κ2) is 2.56. The molecule has 0 bridgehead atoms. The molecule has 3 rings (SSSR count). The molecule has 0 N–H and O–H groups in total. The first-order chi connectivity index (χ1) is 7.08. The summed E-state index contributed by atoms with van der Waals surface area (Å²) in [6.07, 6.45) is 0.903. The van der Waals surface area contributed by atoms with Gasteiger partial charge in [0.25, 0.3) is 0 Å². The molecule has 0 unspecified atom stereocenters. The summed E-state index contributed by atoms with van der Waals surface area (Å²) < 4.78 is 5.13. The molecule has 1 saturated heterocycles. The predicted molar refractivity (Wildman–Crippen MR) is 56.8 cm³/mol. The van der Waals surface area contributed by atoms with Crippen molar-refractivity contribution in [2.24, 2.45) is 5.41 Å². The van der Waals surface area contributed by atoms with Crippen molar-refractivity contribution < 1.29 is 9.53 Å². The Balaban J connectivity index is 2.08. The van der Waals surface area contributed by atoms with E-state index in [4.69, 9.17) is 16.3 Å². The normalized spacial score (nSPS) is 37.3. The van der Waals surface area contributed by atoms with Crippen LogP contribution >= 0.6 is 11.6 Å². The van der Waals surface area contributed by atoms with Crippen LogP contribution < -0.4 is 0 Å². The number of benzene rings is 1. The van der Waals surface area contributed by atoms with Crippen molar-refractivity contribution in [1.29, 1.82) is 0 Å². The van der Waals surface area contributed by atoms with E-state index in [-0.39, 0.29) is 16.8 Å². The third kappa shape index (κ3) is 0.979. The van der Waals surface area contributed by atoms with E-state index in [1.54, 1.807) is 0 Å². The molecule has 1 heterocycles. The zero-order chi connectivity index (χ0) is 10.7. The van der Waals surface area contributed by atoms with Gasteiger partial charge in [0, 0.05) is 10.4 Å². The minimum absolute atomic E-state index is 0.0118. The Morgan fingerprint density at radius 3 is 2.47 bits per heavy atom. The number of carbonyl (C=O) groups excluding carboxylic acids is 1. The largest absolute Gasteiger partial charge is 0.464 e. The minimum Gasteiger partial charge on any atom is -0.464 e. The van der Waals surface area contributed by atoms with Crippen molar-refractivity contribution in [3.8, 4) is 0 Å². The monoisotopic (exact) mass is 222 g/mol. The Hall–Kier alpha value is -1.02. The maximum Gasteiger partial charge on any atom is 0.317 e. The lowest BCUT2D eigenvalue weighted by molar-refractivity contribution is -0.142. The van der Waals surface area contributed by atoms with Gasteiger partial charge in [-0.3, -0.25) is 4.79 Å². The number of fused-ring (bicyclic) bond motifs is 1. The van der Waals surface area contributed by atoms with Crippen molar-refractivity contribution in [1.82, 2.24) is 0 Å². The minimum atomic E-state index is -0.377. The molecule has 15 heavy (non-hydrogen) atoms. The Morgan fingerprint density at radius 1 is 1.33 bits per heavy atom. The molecule has 3 heteroatoms. The summed E-state index contributed by atoms with van der Waals surface area (Å²) in [5.41, 5.74) is 0.673. The third-order valence-electron chi connectivity index (χ3n) is 3.77. The lowest BCUT2D eigenvalue weighted by Gasteiger charge is -2.10. The van der Waals surface area contributed by atoms with Gasteiger partial charge in [-0.1, -0.05) is 30.7 Å². The van der Waals surface area contributed by atoms with Gasteiger partial charge in [-0.15, -0.1) is 0 Å². The lowest BCUT2D eigenvalue weighted by atomic mass is 9.89. The van der Waals surface area contributed by atoms with Crippen LogP contribution in [-0.4, -0.2) is 12.6 Å². The molecule has 1 aromatic carbocycles. The molecule has 2 aliphatic rings. The molecule has 2 atom stereocenters. The molecule has 78 valence electrons. The highest BCUT2D eigenvalue weighted by Crippen LogP contribution is 2.68. The average Bonchev–Trinajstić information content (AvgIpc) is 2.77. The van der Waals surface area contributed by atoms with Crippen LogP contribution in [-0.2, 0) is 14.9 Å². The Bertz CT molecular complexity index is 439. The number of cyclic esters (lactones) is 1. The van der Waals surface area contributed by atoms with Gasteiger partial charge in [0.05, 0.1) is 6.61 Å². The molecule has 1 aliphatic heterocycles. The van der Waals surface area contributed by atoms with E-state index >= 15 is 0 Å². The summed E-state index contributed by atoms with van der Waals surface area (Å²) >= 11 is 5.83. The van der Waals surface area contributed by atoms with E-state index in [1.165, 1.54) is 0 Å². The van der Waals surface area contributed by atoms with Crippen LogP contribution in [0, 0.1) is 5.41 Å². The van der Waals surface area contributed by atoms with Gasteiger partial charge < -0.3 is 4.74 Å². The fraction of sp³-hybridized carbons (Fsp3) is 0.417. The number of hydrogen-bond donors (Lipinski definition) is 0. The van der Waals surface area contributed by atoms with E-state index in [1.807, 2.05) is 24.3 Å². The van der Waals surface area contributed by atoms with E-state index in [2.05, 4.69) is 6.92 Å². The predicted octanol–water partition coefficient (Wildman–Crippen LogP) is 2.54. The second-order valence-electron chi connectivity index (χ2n) is 4.73. The fourth-order valence-corrected chi connectivity index (χ4v) is 2.81. The van der Waals surface area contributed by atoms with Gasteiger partial charge in [0.2, 0.25) is 0 Å². The first-order valence-electron chi connectivity index (χ1n) is 5.02. The summed E-state index contributed by atoms with van der Waals surface area (Å²) in [5.74, 6) is -0.0766. The zero-order valence-electron chi connectivity index (χ0n) is 8.42. The summed E-state index contributed by atoms with van der Waals surface area (Å²) in [4.78, 5) is 11.8. The Morgan fingerprint density at radius 2 is 2.00 bits per heavy atom. The number of halogens is 1. The molecular formula is C12H11ClO2. The van der Waals surface area contributed by atoms with Gasteiger partial charge in [-0.05, 0) is 24.1 Å². The smallest absolute Gasteiger partial charge is 0.317 e.